The fraction of sp³-hybridized carbons (Fsp3) is 0.361. The Morgan fingerprint density at radius 1 is 1.14 bits per heavy atom. The molecule has 1 atom stereocenters. The minimum absolute atomic E-state index is 0.0430. The van der Waals surface area contributed by atoms with Crippen molar-refractivity contribution >= 4 is 60.8 Å². The highest BCUT2D eigenvalue weighted by Crippen LogP contribution is 2.41. The molecule has 49 heavy (non-hydrogen) atoms. The van der Waals surface area contributed by atoms with Gasteiger partial charge in [-0.15, -0.1) is 21.5 Å². The van der Waals surface area contributed by atoms with Crippen molar-refractivity contribution in [3.05, 3.63) is 75.3 Å². The Hall–Kier alpha value is -4.61. The smallest absolute Gasteiger partial charge is 0.355 e. The summed E-state index contributed by atoms with van der Waals surface area (Å²) in [6, 6.07) is 13.9. The number of carboxylic acid groups (broad SMARTS) is 1. The lowest BCUT2D eigenvalue weighted by Gasteiger charge is -2.34. The van der Waals surface area contributed by atoms with E-state index in [1.165, 1.54) is 11.3 Å². The second-order valence-corrected chi connectivity index (χ2v) is 14.4. The summed E-state index contributed by atoms with van der Waals surface area (Å²) in [5.74, 6) is 7.44. The van der Waals surface area contributed by atoms with Crippen molar-refractivity contribution in [2.75, 3.05) is 50.6 Å². The van der Waals surface area contributed by atoms with E-state index in [1.807, 2.05) is 80.2 Å². The quantitative estimate of drug-likeness (QED) is 0.101. The molecular weight excluding hydrogens is 659 g/mol. The lowest BCUT2D eigenvalue weighted by molar-refractivity contribution is 0.0690. The summed E-state index contributed by atoms with van der Waals surface area (Å²) in [7, 11) is 3.97. The van der Waals surface area contributed by atoms with E-state index in [0.29, 0.717) is 67.0 Å². The van der Waals surface area contributed by atoms with Crippen LogP contribution in [0.25, 0.3) is 10.2 Å². The van der Waals surface area contributed by atoms with Crippen LogP contribution in [0.5, 0.6) is 5.75 Å². The zero-order valence-electron chi connectivity index (χ0n) is 28.0. The fourth-order valence-electron chi connectivity index (χ4n) is 5.79. The normalized spacial score (nSPS) is 14.1. The van der Waals surface area contributed by atoms with E-state index in [-0.39, 0.29) is 18.2 Å². The summed E-state index contributed by atoms with van der Waals surface area (Å²) in [4.78, 5) is 26.3. The number of carboxylic acids is 1. The molecule has 0 bridgehead atoms. The molecule has 0 saturated carbocycles. The first-order valence-corrected chi connectivity index (χ1v) is 17.8. The van der Waals surface area contributed by atoms with Gasteiger partial charge in [0.1, 0.15) is 5.75 Å². The van der Waals surface area contributed by atoms with E-state index in [0.717, 1.165) is 43.4 Å². The number of para-hydroxylation sites is 1. The Labute approximate surface area is 293 Å². The first-order chi connectivity index (χ1) is 23.7. The van der Waals surface area contributed by atoms with E-state index >= 15 is 0 Å². The second kappa shape index (κ2) is 15.3. The van der Waals surface area contributed by atoms with Gasteiger partial charge in [-0.05, 0) is 95.4 Å². The molecule has 6 rings (SSSR count). The highest BCUT2D eigenvalue weighted by Gasteiger charge is 2.32. The first-order valence-electron chi connectivity index (χ1n) is 16.2. The number of aliphatic hydroxyl groups is 1. The maximum Gasteiger partial charge on any atom is 0.355 e. The van der Waals surface area contributed by atoms with Gasteiger partial charge in [-0.3, -0.25) is 4.90 Å². The third-order valence-electron chi connectivity index (χ3n) is 8.30. The average Bonchev–Trinajstić information content (AvgIpc) is 3.69. The first kappa shape index (κ1) is 34.3. The molecule has 3 N–H and O–H groups in total. The maximum absolute atomic E-state index is 12.3. The van der Waals surface area contributed by atoms with Crippen LogP contribution in [0.1, 0.15) is 50.5 Å². The van der Waals surface area contributed by atoms with Crippen molar-refractivity contribution in [1.82, 2.24) is 25.1 Å². The van der Waals surface area contributed by atoms with Crippen molar-refractivity contribution in [2.45, 2.75) is 39.5 Å². The predicted octanol–water partition coefficient (Wildman–Crippen LogP) is 6.22. The third kappa shape index (κ3) is 8.00. The Morgan fingerprint density at radius 3 is 2.73 bits per heavy atom. The van der Waals surface area contributed by atoms with Gasteiger partial charge < -0.3 is 25.2 Å². The highest BCUT2D eigenvalue weighted by molar-refractivity contribution is 7.22. The number of nitrogens with zero attached hydrogens (tertiary/aromatic N) is 6. The molecule has 13 heteroatoms. The van der Waals surface area contributed by atoms with Gasteiger partial charge in [-0.2, -0.15) is 0 Å². The van der Waals surface area contributed by atoms with E-state index in [2.05, 4.69) is 37.3 Å². The van der Waals surface area contributed by atoms with Crippen molar-refractivity contribution < 1.29 is 19.7 Å². The van der Waals surface area contributed by atoms with Crippen LogP contribution in [0.15, 0.2) is 42.5 Å². The SMILES string of the molecule is Cc1cc(C#CCN(C)C)ccc1OCCCc1sc(N2CC(CCO)Cc3c2nnc(Nc2nc4ccccc4s2)c3C)nc1C(=O)O. The van der Waals surface area contributed by atoms with E-state index in [9.17, 15) is 15.0 Å². The minimum atomic E-state index is -1.07. The predicted molar refractivity (Wildman–Crippen MR) is 195 cm³/mol. The Morgan fingerprint density at radius 2 is 1.98 bits per heavy atom. The molecule has 0 saturated heterocycles. The van der Waals surface area contributed by atoms with Crippen LogP contribution in [-0.4, -0.2) is 81.6 Å². The summed E-state index contributed by atoms with van der Waals surface area (Å²) in [5.41, 5.74) is 4.83. The van der Waals surface area contributed by atoms with Gasteiger partial charge in [0.15, 0.2) is 27.6 Å². The molecule has 1 aliphatic rings. The topological polar surface area (TPSA) is 137 Å². The number of hydrogen-bond acceptors (Lipinski definition) is 12. The summed E-state index contributed by atoms with van der Waals surface area (Å²) in [5, 5.41) is 33.7. The van der Waals surface area contributed by atoms with Crippen LogP contribution in [0, 0.1) is 31.6 Å². The van der Waals surface area contributed by atoms with Crippen LogP contribution in [0.2, 0.25) is 0 Å². The van der Waals surface area contributed by atoms with Gasteiger partial charge in [0.05, 0.1) is 23.4 Å². The van der Waals surface area contributed by atoms with Crippen LogP contribution in [0.3, 0.4) is 0 Å². The van der Waals surface area contributed by atoms with Gasteiger partial charge in [0.25, 0.3) is 0 Å². The van der Waals surface area contributed by atoms with Crippen molar-refractivity contribution in [3.63, 3.8) is 0 Å². The fourth-order valence-corrected chi connectivity index (χ4v) is 7.76. The molecular formula is C36H39N7O4S2. The highest BCUT2D eigenvalue weighted by atomic mass is 32.1. The van der Waals surface area contributed by atoms with Crippen molar-refractivity contribution in [3.8, 4) is 17.6 Å². The zero-order chi connectivity index (χ0) is 34.5. The average molecular weight is 698 g/mol. The molecule has 4 heterocycles. The van der Waals surface area contributed by atoms with E-state index in [4.69, 9.17) is 4.74 Å². The number of fused-ring (bicyclic) bond motifs is 2. The molecule has 0 spiro atoms. The number of carbonyl (C=O) groups is 1. The molecule has 0 aliphatic carbocycles. The number of nitrogens with one attached hydrogen (secondary N) is 1. The molecule has 5 aromatic rings. The van der Waals surface area contributed by atoms with Crippen LogP contribution >= 0.6 is 22.7 Å². The number of ether oxygens (including phenoxy) is 1. The van der Waals surface area contributed by atoms with E-state index < -0.39 is 5.97 Å². The number of anilines is 4. The van der Waals surface area contributed by atoms with E-state index in [1.54, 1.807) is 11.3 Å². The number of benzene rings is 2. The van der Waals surface area contributed by atoms with Crippen LogP contribution < -0.4 is 15.0 Å². The standard InChI is InChI=1S/C36H39N7O4S2/c1-22-19-24(9-7-16-42(3)4)13-14-28(22)47-18-8-12-30-31(34(45)46)38-36(49-30)43-21-25(15-17-44)20-26-23(2)32(40-41-33(26)43)39-35-37-27-10-5-6-11-29(27)48-35/h5-6,10-11,13-14,19,25,44H,8,12,15-18,20-21H2,1-4H3,(H,45,46)(H,37,39,40). The lowest BCUT2D eigenvalue weighted by Crippen LogP contribution is -2.34. The Bertz CT molecular complexity index is 2000. The number of rotatable bonds is 12. The Balaban J connectivity index is 1.18. The zero-order valence-corrected chi connectivity index (χ0v) is 29.6. The minimum Gasteiger partial charge on any atom is -0.493 e. The van der Waals surface area contributed by atoms with Crippen LogP contribution in [0.4, 0.5) is 21.9 Å². The van der Waals surface area contributed by atoms with Crippen molar-refractivity contribution in [2.24, 2.45) is 5.92 Å². The molecule has 1 aliphatic heterocycles. The van der Waals surface area contributed by atoms with Gasteiger partial charge in [-0.25, -0.2) is 14.8 Å². The number of aryl methyl sites for hydroxylation is 2. The third-order valence-corrected chi connectivity index (χ3v) is 10.4. The summed E-state index contributed by atoms with van der Waals surface area (Å²) in [6.45, 7) is 5.73. The second-order valence-electron chi connectivity index (χ2n) is 12.3. The monoisotopic (exact) mass is 697 g/mol. The summed E-state index contributed by atoms with van der Waals surface area (Å²) in [6.07, 6.45) is 2.44. The Kier molecular flexibility index (Phi) is 10.7. The molecule has 2 aromatic carbocycles. The molecule has 0 radical (unpaired) electrons. The molecule has 0 amide bonds. The molecule has 11 nitrogen and oxygen atoms in total. The van der Waals surface area contributed by atoms with Gasteiger partial charge in [-0.1, -0.05) is 35.3 Å². The molecule has 254 valence electrons. The van der Waals surface area contributed by atoms with Gasteiger partial charge in [0, 0.05) is 34.7 Å². The number of hydrogen-bond donors (Lipinski definition) is 3. The number of aromatic carboxylic acids is 1. The largest absolute Gasteiger partial charge is 0.493 e. The molecule has 3 aromatic heterocycles. The summed E-state index contributed by atoms with van der Waals surface area (Å²) < 4.78 is 7.15. The maximum atomic E-state index is 12.3. The van der Waals surface area contributed by atoms with Crippen molar-refractivity contribution in [1.29, 1.82) is 0 Å². The number of aromatic nitrogens is 4. The van der Waals surface area contributed by atoms with Crippen LogP contribution in [-0.2, 0) is 12.8 Å². The molecule has 0 fully saturated rings. The lowest BCUT2D eigenvalue weighted by atomic mass is 9.90. The number of aliphatic hydroxyl groups excluding tert-OH is 1. The van der Waals surface area contributed by atoms with Gasteiger partial charge >= 0.3 is 5.97 Å². The summed E-state index contributed by atoms with van der Waals surface area (Å²) >= 11 is 2.91. The number of thiazole rings is 2. The molecule has 1 unspecified atom stereocenters. The van der Waals surface area contributed by atoms with Gasteiger partial charge in [0.2, 0.25) is 0 Å².